The second kappa shape index (κ2) is 9.64. The van der Waals surface area contributed by atoms with Crippen LogP contribution in [0, 0.1) is 24.1 Å². The first kappa shape index (κ1) is 23.4. The number of carbonyl (C=O) groups is 1. The molecule has 4 rings (SSSR count). The molecule has 1 amide bonds. The van der Waals surface area contributed by atoms with Gasteiger partial charge in [-0.2, -0.15) is 5.26 Å². The van der Waals surface area contributed by atoms with Gasteiger partial charge in [0.25, 0.3) is 5.91 Å². The monoisotopic (exact) mass is 497 g/mol. The van der Waals surface area contributed by atoms with E-state index < -0.39 is 11.7 Å². The second-order valence-corrected chi connectivity index (χ2v) is 8.30. The molecule has 0 spiro atoms. The molecule has 3 aromatic carbocycles. The van der Waals surface area contributed by atoms with E-state index in [0.717, 1.165) is 22.2 Å². The second-order valence-electron chi connectivity index (χ2n) is 7.46. The number of rotatable bonds is 6. The van der Waals surface area contributed by atoms with Crippen molar-refractivity contribution in [2.75, 3.05) is 7.11 Å². The van der Waals surface area contributed by atoms with Gasteiger partial charge in [0.1, 0.15) is 17.2 Å². The number of ether oxygens (including phenoxy) is 2. The summed E-state index contributed by atoms with van der Waals surface area (Å²) in [6.07, 6.45) is 0. The van der Waals surface area contributed by atoms with E-state index >= 15 is 4.39 Å². The summed E-state index contributed by atoms with van der Waals surface area (Å²) in [6, 6.07) is 14.6. The van der Waals surface area contributed by atoms with E-state index in [4.69, 9.17) is 37.9 Å². The van der Waals surface area contributed by atoms with Crippen LogP contribution >= 0.6 is 23.2 Å². The Morgan fingerprint density at radius 1 is 1.18 bits per heavy atom. The Balaban J connectivity index is 1.54. The van der Waals surface area contributed by atoms with Crippen LogP contribution in [-0.2, 0) is 6.54 Å². The number of aryl methyl sites for hydroxylation is 1. The van der Waals surface area contributed by atoms with Crippen LogP contribution in [0.15, 0.2) is 48.5 Å². The van der Waals surface area contributed by atoms with Crippen molar-refractivity contribution in [3.63, 3.8) is 0 Å². The fourth-order valence-corrected chi connectivity index (χ4v) is 3.96. The van der Waals surface area contributed by atoms with Crippen LogP contribution in [0.2, 0.25) is 10.0 Å². The van der Waals surface area contributed by atoms with Crippen molar-refractivity contribution in [3.05, 3.63) is 86.8 Å². The minimum Gasteiger partial charge on any atom is -0.496 e. The lowest BCUT2D eigenvalue weighted by Gasteiger charge is -2.13. The van der Waals surface area contributed by atoms with Crippen LogP contribution in [0.3, 0.4) is 0 Å². The van der Waals surface area contributed by atoms with Gasteiger partial charge in [-0.05, 0) is 49.4 Å². The molecule has 0 unspecified atom stereocenters. The molecule has 0 aliphatic rings. The molecule has 0 aliphatic carbocycles. The van der Waals surface area contributed by atoms with Crippen molar-refractivity contribution in [1.82, 2.24) is 10.3 Å². The Bertz CT molecular complexity index is 1460. The molecule has 1 heterocycles. The van der Waals surface area contributed by atoms with Gasteiger partial charge in [-0.15, -0.1) is 0 Å². The number of nitrogens with zero attached hydrogens (tertiary/aromatic N) is 1. The number of nitriles is 1. The van der Waals surface area contributed by atoms with Crippen molar-refractivity contribution < 1.29 is 18.7 Å². The number of benzene rings is 3. The number of carbonyl (C=O) groups excluding carboxylic acids is 1. The van der Waals surface area contributed by atoms with Gasteiger partial charge in [0.05, 0.1) is 23.8 Å². The number of aromatic nitrogens is 1. The highest BCUT2D eigenvalue weighted by Crippen LogP contribution is 2.35. The molecular formula is C25H18Cl2FN3O3. The molecule has 0 bridgehead atoms. The minimum atomic E-state index is -0.733. The number of amides is 1. The summed E-state index contributed by atoms with van der Waals surface area (Å²) in [4.78, 5) is 15.8. The largest absolute Gasteiger partial charge is 0.496 e. The number of halogens is 3. The Morgan fingerprint density at radius 2 is 1.97 bits per heavy atom. The van der Waals surface area contributed by atoms with E-state index in [9.17, 15) is 4.79 Å². The maximum absolute atomic E-state index is 15.2. The fraction of sp³-hybridized carbons (Fsp3) is 0.120. The van der Waals surface area contributed by atoms with Gasteiger partial charge >= 0.3 is 0 Å². The van der Waals surface area contributed by atoms with Crippen LogP contribution in [0.4, 0.5) is 4.39 Å². The molecule has 0 atom stereocenters. The first-order valence-corrected chi connectivity index (χ1v) is 10.9. The van der Waals surface area contributed by atoms with E-state index in [0.29, 0.717) is 5.69 Å². The Morgan fingerprint density at radius 3 is 2.71 bits per heavy atom. The predicted octanol–water partition coefficient (Wildman–Crippen LogP) is 6.52. The highest BCUT2D eigenvalue weighted by Gasteiger charge is 2.18. The normalized spacial score (nSPS) is 10.7. The zero-order valence-electron chi connectivity index (χ0n) is 18.1. The van der Waals surface area contributed by atoms with Gasteiger partial charge < -0.3 is 19.8 Å². The smallest absolute Gasteiger partial charge is 0.267 e. The maximum atomic E-state index is 15.2. The molecule has 0 saturated heterocycles. The summed E-state index contributed by atoms with van der Waals surface area (Å²) in [7, 11) is 1.59. The van der Waals surface area contributed by atoms with Gasteiger partial charge in [-0.3, -0.25) is 4.79 Å². The van der Waals surface area contributed by atoms with Gasteiger partial charge in [-0.25, -0.2) is 4.39 Å². The van der Waals surface area contributed by atoms with Crippen LogP contribution in [-0.4, -0.2) is 18.0 Å². The minimum absolute atomic E-state index is 0.0334. The molecule has 34 heavy (non-hydrogen) atoms. The first-order chi connectivity index (χ1) is 16.3. The van der Waals surface area contributed by atoms with Crippen LogP contribution in [0.5, 0.6) is 17.2 Å². The highest BCUT2D eigenvalue weighted by atomic mass is 35.5. The molecular weight excluding hydrogens is 480 g/mol. The average Bonchev–Trinajstić information content (AvgIpc) is 3.26. The number of fused-ring (bicyclic) bond motifs is 1. The fourth-order valence-electron chi connectivity index (χ4n) is 3.55. The number of aromatic amines is 1. The van der Waals surface area contributed by atoms with Gasteiger partial charge in [0.2, 0.25) is 0 Å². The van der Waals surface area contributed by atoms with Crippen LogP contribution in [0.25, 0.3) is 10.9 Å². The van der Waals surface area contributed by atoms with Gasteiger partial charge in [0.15, 0.2) is 11.6 Å². The molecule has 4 aromatic rings. The lowest BCUT2D eigenvalue weighted by molar-refractivity contribution is 0.0946. The zero-order chi connectivity index (χ0) is 24.4. The Labute approximate surface area is 204 Å². The third-order valence-corrected chi connectivity index (χ3v) is 5.79. The molecule has 6 nitrogen and oxygen atoms in total. The predicted molar refractivity (Wildman–Crippen MR) is 128 cm³/mol. The number of methoxy groups -OCH3 is 1. The molecule has 1 aromatic heterocycles. The van der Waals surface area contributed by atoms with E-state index in [1.807, 2.05) is 25.1 Å². The third-order valence-electron chi connectivity index (χ3n) is 5.28. The summed E-state index contributed by atoms with van der Waals surface area (Å²) in [5, 5.41) is 12.9. The highest BCUT2D eigenvalue weighted by molar-refractivity contribution is 6.32. The van der Waals surface area contributed by atoms with Gasteiger partial charge in [0, 0.05) is 33.6 Å². The quantitative estimate of drug-likeness (QED) is 0.317. The SMILES string of the molecule is COc1ccc2[nH]c(C(=O)NCc3ccc(Cl)c(Oc4cc(Cl)cc(C#N)c4)c3F)cc2c1C. The van der Waals surface area contributed by atoms with E-state index in [-0.39, 0.29) is 39.2 Å². The van der Waals surface area contributed by atoms with E-state index in [1.54, 1.807) is 13.2 Å². The summed E-state index contributed by atoms with van der Waals surface area (Å²) >= 11 is 12.1. The van der Waals surface area contributed by atoms with Crippen LogP contribution < -0.4 is 14.8 Å². The number of nitrogens with one attached hydrogen (secondary N) is 2. The first-order valence-electron chi connectivity index (χ1n) is 10.1. The van der Waals surface area contributed by atoms with Crippen molar-refractivity contribution in [1.29, 1.82) is 5.26 Å². The molecule has 2 N–H and O–H groups in total. The lowest BCUT2D eigenvalue weighted by Crippen LogP contribution is -2.23. The Kier molecular flexibility index (Phi) is 6.64. The van der Waals surface area contributed by atoms with Crippen molar-refractivity contribution >= 4 is 40.0 Å². The van der Waals surface area contributed by atoms with Crippen molar-refractivity contribution in [2.24, 2.45) is 0 Å². The van der Waals surface area contributed by atoms with Crippen molar-refractivity contribution in [2.45, 2.75) is 13.5 Å². The van der Waals surface area contributed by atoms with Gasteiger partial charge in [-0.1, -0.05) is 29.3 Å². The molecule has 0 aliphatic heterocycles. The molecule has 9 heteroatoms. The third kappa shape index (κ3) is 4.65. The van der Waals surface area contributed by atoms with Crippen molar-refractivity contribution in [3.8, 4) is 23.3 Å². The topological polar surface area (TPSA) is 87.1 Å². The van der Waals surface area contributed by atoms with E-state index in [1.165, 1.54) is 30.3 Å². The number of hydrogen-bond acceptors (Lipinski definition) is 4. The standard InChI is InChI=1S/C25H18Cl2FN3O3/c1-13-18-10-21(31-20(18)5-6-22(13)33-2)25(32)30-12-15-3-4-19(27)24(23(15)28)34-17-8-14(11-29)7-16(26)9-17/h3-10,31H,12H2,1-2H3,(H,30,32). The van der Waals surface area contributed by atoms with E-state index in [2.05, 4.69) is 10.3 Å². The lowest BCUT2D eigenvalue weighted by atomic mass is 10.1. The number of H-pyrrole nitrogens is 1. The summed E-state index contributed by atoms with van der Waals surface area (Å²) in [6.45, 7) is 1.80. The molecule has 172 valence electrons. The Hall–Kier alpha value is -3.73. The summed E-state index contributed by atoms with van der Waals surface area (Å²) in [5.74, 6) is -0.484. The number of hydrogen-bond donors (Lipinski definition) is 2. The van der Waals surface area contributed by atoms with Crippen LogP contribution in [0.1, 0.15) is 27.2 Å². The zero-order valence-corrected chi connectivity index (χ0v) is 19.6. The summed E-state index contributed by atoms with van der Waals surface area (Å²) in [5.41, 5.74) is 2.45. The molecule has 0 saturated carbocycles. The molecule has 0 fully saturated rings. The summed E-state index contributed by atoms with van der Waals surface area (Å²) < 4.78 is 26.1. The maximum Gasteiger partial charge on any atom is 0.267 e. The molecule has 0 radical (unpaired) electrons. The average molecular weight is 498 g/mol.